The molecule has 0 bridgehead atoms. The van der Waals surface area contributed by atoms with Gasteiger partial charge in [0.1, 0.15) is 0 Å². The summed E-state index contributed by atoms with van der Waals surface area (Å²) in [5.74, 6) is -1.29. The van der Waals surface area contributed by atoms with Gasteiger partial charge in [0.25, 0.3) is 5.91 Å². The largest absolute Gasteiger partial charge is 0.481 e. The van der Waals surface area contributed by atoms with Gasteiger partial charge in [0.15, 0.2) is 5.78 Å². The number of rotatable bonds is 6. The molecule has 0 unspecified atom stereocenters. The van der Waals surface area contributed by atoms with E-state index in [0.717, 1.165) is 17.7 Å². The zero-order chi connectivity index (χ0) is 26.1. The molecule has 0 atom stereocenters. The number of aryl methyl sites for hydroxylation is 2. The van der Waals surface area contributed by atoms with E-state index in [1.54, 1.807) is 24.3 Å². The lowest BCUT2D eigenvalue weighted by atomic mass is 9.91. The number of amides is 3. The molecule has 5 rings (SSSR count). The SMILES string of the molecule is Cc1ccc(NC(=O)Nc2ccc3c(c2)/C(=C/c2[nH]c4c(c2CCC(=O)O)C(=O)CCC4)C(=O)N3)cc1. The molecule has 0 spiro atoms. The van der Waals surface area contributed by atoms with Gasteiger partial charge in [0.05, 0.1) is 5.57 Å². The zero-order valence-corrected chi connectivity index (χ0v) is 20.2. The van der Waals surface area contributed by atoms with Gasteiger partial charge in [-0.25, -0.2) is 4.79 Å². The molecular weight excluding hydrogens is 472 g/mol. The number of urea groups is 1. The minimum Gasteiger partial charge on any atom is -0.481 e. The third kappa shape index (κ3) is 5.02. The van der Waals surface area contributed by atoms with Crippen molar-refractivity contribution in [2.24, 2.45) is 0 Å². The van der Waals surface area contributed by atoms with Crippen molar-refractivity contribution < 1.29 is 24.3 Å². The molecule has 2 aromatic carbocycles. The minimum atomic E-state index is -0.958. The summed E-state index contributed by atoms with van der Waals surface area (Å²) < 4.78 is 0. The number of nitrogens with one attached hydrogen (secondary N) is 4. The fourth-order valence-electron chi connectivity index (χ4n) is 4.79. The second-order valence-corrected chi connectivity index (χ2v) is 9.26. The van der Waals surface area contributed by atoms with Crippen LogP contribution < -0.4 is 16.0 Å². The predicted molar refractivity (Wildman–Crippen MR) is 141 cm³/mol. The normalized spacial score (nSPS) is 15.2. The molecule has 5 N–H and O–H groups in total. The molecule has 0 saturated carbocycles. The molecule has 0 radical (unpaired) electrons. The Kier molecular flexibility index (Phi) is 6.35. The molecule has 2 aliphatic rings. The number of H-pyrrole nitrogens is 1. The minimum absolute atomic E-state index is 0.00936. The first-order chi connectivity index (χ1) is 17.8. The van der Waals surface area contributed by atoms with Crippen LogP contribution in [0.15, 0.2) is 42.5 Å². The fraction of sp³-hybridized carbons (Fsp3) is 0.214. The predicted octanol–water partition coefficient (Wildman–Crippen LogP) is 5.00. The smallest absolute Gasteiger partial charge is 0.323 e. The van der Waals surface area contributed by atoms with Crippen LogP contribution in [-0.4, -0.2) is 33.8 Å². The first-order valence-corrected chi connectivity index (χ1v) is 12.1. The van der Waals surface area contributed by atoms with Gasteiger partial charge in [-0.2, -0.15) is 0 Å². The van der Waals surface area contributed by atoms with Crippen molar-refractivity contribution >= 4 is 52.4 Å². The van der Waals surface area contributed by atoms with E-state index < -0.39 is 12.0 Å². The quantitative estimate of drug-likeness (QED) is 0.304. The van der Waals surface area contributed by atoms with Crippen molar-refractivity contribution in [1.29, 1.82) is 0 Å². The summed E-state index contributed by atoms with van der Waals surface area (Å²) in [5.41, 5.74) is 6.32. The number of carbonyl (C=O) groups is 4. The third-order valence-corrected chi connectivity index (χ3v) is 6.57. The molecule has 3 aromatic rings. The number of carboxylic acid groups (broad SMARTS) is 1. The van der Waals surface area contributed by atoms with Crippen LogP contribution in [0.1, 0.15) is 57.7 Å². The van der Waals surface area contributed by atoms with Crippen LogP contribution in [0.2, 0.25) is 0 Å². The van der Waals surface area contributed by atoms with Gasteiger partial charge in [-0.15, -0.1) is 0 Å². The maximum Gasteiger partial charge on any atom is 0.323 e. The van der Waals surface area contributed by atoms with E-state index in [2.05, 4.69) is 20.9 Å². The molecule has 9 nitrogen and oxygen atoms in total. The van der Waals surface area contributed by atoms with Crippen molar-refractivity contribution in [3.63, 3.8) is 0 Å². The summed E-state index contributed by atoms with van der Waals surface area (Å²) in [7, 11) is 0. The lowest BCUT2D eigenvalue weighted by molar-refractivity contribution is -0.137. The molecular formula is C28H26N4O5. The molecule has 3 amide bonds. The van der Waals surface area contributed by atoms with Crippen molar-refractivity contribution in [1.82, 2.24) is 4.98 Å². The molecule has 0 fully saturated rings. The first kappa shape index (κ1) is 24.1. The van der Waals surface area contributed by atoms with Gasteiger partial charge in [0.2, 0.25) is 0 Å². The first-order valence-electron chi connectivity index (χ1n) is 12.1. The number of aromatic amines is 1. The van der Waals surface area contributed by atoms with Gasteiger partial charge in [0, 0.05) is 52.4 Å². The highest BCUT2D eigenvalue weighted by molar-refractivity contribution is 6.35. The van der Waals surface area contributed by atoms with Crippen LogP contribution in [0.4, 0.5) is 21.9 Å². The second-order valence-electron chi connectivity index (χ2n) is 9.26. The number of hydrogen-bond acceptors (Lipinski definition) is 4. The summed E-state index contributed by atoms with van der Waals surface area (Å²) >= 11 is 0. The van der Waals surface area contributed by atoms with Crippen molar-refractivity contribution in [2.45, 2.75) is 39.0 Å². The van der Waals surface area contributed by atoms with E-state index in [1.807, 2.05) is 31.2 Å². The number of carboxylic acids is 1. The van der Waals surface area contributed by atoms with E-state index in [-0.39, 0.29) is 24.5 Å². The number of aliphatic carboxylic acids is 1. The van der Waals surface area contributed by atoms with Crippen LogP contribution >= 0.6 is 0 Å². The van der Waals surface area contributed by atoms with Gasteiger partial charge in [-0.05, 0) is 68.2 Å². The maximum absolute atomic E-state index is 12.9. The van der Waals surface area contributed by atoms with Gasteiger partial charge in [-0.1, -0.05) is 17.7 Å². The second kappa shape index (κ2) is 9.77. The Morgan fingerprint density at radius 3 is 2.51 bits per heavy atom. The molecule has 2 heterocycles. The van der Waals surface area contributed by atoms with Crippen molar-refractivity contribution in [3.05, 3.63) is 76.1 Å². The molecule has 188 valence electrons. The Morgan fingerprint density at radius 2 is 1.76 bits per heavy atom. The maximum atomic E-state index is 12.9. The topological polar surface area (TPSA) is 140 Å². The summed E-state index contributed by atoms with van der Waals surface area (Å²) in [5, 5.41) is 17.6. The number of hydrogen-bond donors (Lipinski definition) is 5. The van der Waals surface area contributed by atoms with Crippen molar-refractivity contribution in [3.8, 4) is 0 Å². The van der Waals surface area contributed by atoms with Crippen LogP contribution in [0.25, 0.3) is 11.6 Å². The standard InChI is InChI=1S/C28H26N4O5/c1-15-5-7-16(8-6-15)29-28(37)30-17-9-11-21-19(13-17)20(27(36)32-21)14-23-18(10-12-25(34)35)26-22(31-23)3-2-4-24(26)33/h5-9,11,13-14,31H,2-4,10,12H2,1H3,(H,32,36)(H,34,35)(H2,29,30,37)/b20-14-. The van der Waals surface area contributed by atoms with Crippen LogP contribution in [0.3, 0.4) is 0 Å². The average molecular weight is 499 g/mol. The summed E-state index contributed by atoms with van der Waals surface area (Å²) in [6, 6.07) is 12.1. The summed E-state index contributed by atoms with van der Waals surface area (Å²) in [6.07, 6.45) is 3.56. The molecule has 1 aliphatic heterocycles. The lowest BCUT2D eigenvalue weighted by Crippen LogP contribution is -2.19. The highest BCUT2D eigenvalue weighted by Gasteiger charge is 2.29. The number of carbonyl (C=O) groups excluding carboxylic acids is 3. The molecule has 1 aliphatic carbocycles. The number of aromatic nitrogens is 1. The highest BCUT2D eigenvalue weighted by Crippen LogP contribution is 2.37. The van der Waals surface area contributed by atoms with Gasteiger partial charge >= 0.3 is 12.0 Å². The Balaban J connectivity index is 1.45. The van der Waals surface area contributed by atoms with Crippen LogP contribution in [0.5, 0.6) is 0 Å². The molecule has 9 heteroatoms. The van der Waals surface area contributed by atoms with Crippen LogP contribution in [0, 0.1) is 6.92 Å². The van der Waals surface area contributed by atoms with E-state index in [1.165, 1.54) is 0 Å². The van der Waals surface area contributed by atoms with E-state index >= 15 is 0 Å². The fourth-order valence-corrected chi connectivity index (χ4v) is 4.79. The van der Waals surface area contributed by atoms with Gasteiger partial charge < -0.3 is 26.0 Å². The third-order valence-electron chi connectivity index (χ3n) is 6.57. The monoisotopic (exact) mass is 498 g/mol. The summed E-state index contributed by atoms with van der Waals surface area (Å²) in [6.45, 7) is 1.96. The average Bonchev–Trinajstić information content (AvgIpc) is 3.36. The highest BCUT2D eigenvalue weighted by atomic mass is 16.4. The Hall–Kier alpha value is -4.66. The van der Waals surface area contributed by atoms with E-state index in [4.69, 9.17) is 0 Å². The Morgan fingerprint density at radius 1 is 1.03 bits per heavy atom. The summed E-state index contributed by atoms with van der Waals surface area (Å²) in [4.78, 5) is 52.5. The molecule has 37 heavy (non-hydrogen) atoms. The number of anilines is 3. The van der Waals surface area contributed by atoms with E-state index in [0.29, 0.717) is 57.9 Å². The Bertz CT molecular complexity index is 1470. The zero-order valence-electron chi connectivity index (χ0n) is 20.2. The van der Waals surface area contributed by atoms with Crippen LogP contribution in [-0.2, 0) is 22.4 Å². The number of benzene rings is 2. The molecule has 1 aromatic heterocycles. The van der Waals surface area contributed by atoms with E-state index in [9.17, 15) is 24.3 Å². The van der Waals surface area contributed by atoms with Crippen molar-refractivity contribution in [2.75, 3.05) is 16.0 Å². The number of ketones is 1. The Labute approximate surface area is 213 Å². The van der Waals surface area contributed by atoms with Gasteiger partial charge in [-0.3, -0.25) is 14.4 Å². The lowest BCUT2D eigenvalue weighted by Gasteiger charge is -2.11. The molecule has 0 saturated heterocycles. The number of Topliss-reactive ketones (excluding diaryl/α,β-unsaturated/α-hetero) is 1. The number of fused-ring (bicyclic) bond motifs is 2.